The van der Waals surface area contributed by atoms with E-state index in [0.717, 1.165) is 180 Å². The highest BCUT2D eigenvalue weighted by atomic mass is 16.6. The molecule has 0 aromatic carbocycles. The van der Waals surface area contributed by atoms with Crippen LogP contribution in [0.4, 0.5) is 0 Å². The summed E-state index contributed by atoms with van der Waals surface area (Å²) >= 11 is 0. The molecule has 0 N–H and O–H groups in total. The zero-order chi connectivity index (χ0) is 57.1. The molecule has 0 radical (unpaired) electrons. The lowest BCUT2D eigenvalue weighted by atomic mass is 10.1. The van der Waals surface area contributed by atoms with E-state index in [1.54, 1.807) is 0 Å². The minimum absolute atomic E-state index is 0.0985. The minimum Gasteiger partial charge on any atom is -0.462 e. The molecule has 0 fully saturated rings. The van der Waals surface area contributed by atoms with Crippen molar-refractivity contribution in [1.29, 1.82) is 0 Å². The van der Waals surface area contributed by atoms with Gasteiger partial charge in [-0.05, 0) is 135 Å². The summed E-state index contributed by atoms with van der Waals surface area (Å²) in [7, 11) is 0. The molecule has 6 nitrogen and oxygen atoms in total. The molecule has 0 aromatic heterocycles. The molecule has 0 spiro atoms. The van der Waals surface area contributed by atoms with Crippen molar-refractivity contribution < 1.29 is 28.6 Å². The van der Waals surface area contributed by atoms with E-state index in [9.17, 15) is 14.4 Å². The van der Waals surface area contributed by atoms with Crippen molar-refractivity contribution in [2.45, 2.75) is 258 Å². The maximum Gasteiger partial charge on any atom is 0.306 e. The monoisotopic (exact) mass is 1090 g/mol. The van der Waals surface area contributed by atoms with Crippen molar-refractivity contribution in [3.05, 3.63) is 170 Å². The second kappa shape index (κ2) is 65.3. The molecule has 0 rings (SSSR count). The van der Waals surface area contributed by atoms with Crippen LogP contribution in [0.15, 0.2) is 170 Å². The van der Waals surface area contributed by atoms with Gasteiger partial charge in [-0.1, -0.05) is 268 Å². The Morgan fingerprint density at radius 2 is 0.494 bits per heavy atom. The van der Waals surface area contributed by atoms with Gasteiger partial charge in [0.25, 0.3) is 0 Å². The van der Waals surface area contributed by atoms with Crippen molar-refractivity contribution in [3.63, 3.8) is 0 Å². The number of hydrogen-bond donors (Lipinski definition) is 0. The van der Waals surface area contributed by atoms with Crippen molar-refractivity contribution >= 4 is 17.9 Å². The molecule has 79 heavy (non-hydrogen) atoms. The molecule has 0 aliphatic rings. The Bertz CT molecular complexity index is 1820. The van der Waals surface area contributed by atoms with Gasteiger partial charge in [0.15, 0.2) is 6.10 Å². The predicted molar refractivity (Wildman–Crippen MR) is 343 cm³/mol. The van der Waals surface area contributed by atoms with E-state index in [0.29, 0.717) is 12.8 Å². The van der Waals surface area contributed by atoms with E-state index < -0.39 is 6.10 Å². The van der Waals surface area contributed by atoms with Gasteiger partial charge in [-0.2, -0.15) is 0 Å². The highest BCUT2D eigenvalue weighted by molar-refractivity contribution is 5.71. The fourth-order valence-electron chi connectivity index (χ4n) is 8.05. The number of carbonyl (C=O) groups is 3. The van der Waals surface area contributed by atoms with E-state index >= 15 is 0 Å². The van der Waals surface area contributed by atoms with Gasteiger partial charge >= 0.3 is 17.9 Å². The van der Waals surface area contributed by atoms with Gasteiger partial charge < -0.3 is 14.2 Å². The smallest absolute Gasteiger partial charge is 0.306 e. The van der Waals surface area contributed by atoms with E-state index in [1.165, 1.54) is 32.1 Å². The Balaban J connectivity index is 4.16. The quantitative estimate of drug-likeness (QED) is 0.0261. The van der Waals surface area contributed by atoms with Crippen molar-refractivity contribution in [2.75, 3.05) is 13.2 Å². The summed E-state index contributed by atoms with van der Waals surface area (Å²) in [6, 6.07) is 0. The Morgan fingerprint density at radius 3 is 0.772 bits per heavy atom. The van der Waals surface area contributed by atoms with Crippen LogP contribution < -0.4 is 0 Å². The van der Waals surface area contributed by atoms with Crippen molar-refractivity contribution in [3.8, 4) is 0 Å². The van der Waals surface area contributed by atoms with Crippen molar-refractivity contribution in [2.24, 2.45) is 0 Å². The van der Waals surface area contributed by atoms with Gasteiger partial charge in [0.05, 0.1) is 0 Å². The lowest BCUT2D eigenvalue weighted by Crippen LogP contribution is -2.30. The van der Waals surface area contributed by atoms with Gasteiger partial charge in [0, 0.05) is 19.3 Å². The number of hydrogen-bond acceptors (Lipinski definition) is 6. The van der Waals surface area contributed by atoms with Gasteiger partial charge in [-0.25, -0.2) is 0 Å². The zero-order valence-corrected chi connectivity index (χ0v) is 50.6. The summed E-state index contributed by atoms with van der Waals surface area (Å²) in [4.78, 5) is 37.9. The second-order valence-electron chi connectivity index (χ2n) is 20.2. The Morgan fingerprint density at radius 1 is 0.266 bits per heavy atom. The van der Waals surface area contributed by atoms with E-state index in [1.807, 2.05) is 0 Å². The van der Waals surface area contributed by atoms with E-state index in [2.05, 4.69) is 191 Å². The normalized spacial score (nSPS) is 13.3. The van der Waals surface area contributed by atoms with Crippen LogP contribution in [0.5, 0.6) is 0 Å². The van der Waals surface area contributed by atoms with Crippen LogP contribution in [-0.2, 0) is 28.6 Å². The van der Waals surface area contributed by atoms with Gasteiger partial charge in [0.2, 0.25) is 0 Å². The van der Waals surface area contributed by atoms with Crippen LogP contribution in [0.1, 0.15) is 252 Å². The van der Waals surface area contributed by atoms with Gasteiger partial charge in [0.1, 0.15) is 13.2 Å². The highest BCUT2D eigenvalue weighted by Gasteiger charge is 2.19. The van der Waals surface area contributed by atoms with Crippen molar-refractivity contribution in [1.82, 2.24) is 0 Å². The van der Waals surface area contributed by atoms with Gasteiger partial charge in [-0.3, -0.25) is 14.4 Å². The molecule has 0 heterocycles. The molecule has 6 heteroatoms. The molecular weight excluding hydrogens is 973 g/mol. The van der Waals surface area contributed by atoms with Crippen LogP contribution >= 0.6 is 0 Å². The molecule has 0 aliphatic heterocycles. The number of carbonyl (C=O) groups excluding carboxylic acids is 3. The average Bonchev–Trinajstić information content (AvgIpc) is 3.45. The van der Waals surface area contributed by atoms with Gasteiger partial charge in [-0.15, -0.1) is 0 Å². The van der Waals surface area contributed by atoms with Crippen LogP contribution in [0.25, 0.3) is 0 Å². The third-order valence-electron chi connectivity index (χ3n) is 12.7. The number of ether oxygens (including phenoxy) is 3. The van der Waals surface area contributed by atoms with Crippen LogP contribution in [-0.4, -0.2) is 37.2 Å². The van der Waals surface area contributed by atoms with E-state index in [4.69, 9.17) is 14.2 Å². The molecule has 0 saturated carbocycles. The standard InChI is InChI=1S/C73H114O6/c1-4-7-10-13-15-17-19-21-23-25-27-29-31-32-33-34-35-36-37-38-39-40-42-43-45-47-49-51-53-55-57-60-63-66-72(75)78-69-70(68-77-71(74)65-62-59-12-9-6-3)79-73(76)67-64-61-58-56-54-52-50-48-46-44-41-30-28-26-24-22-20-18-16-14-11-8-5-2/h7-8,10-11,15-18,21-24,27-30,32-33,35-36,38-39,42-44,46,50,52,70H,4-6,9,12-14,19-20,25-26,31,34,37,40-41,45,47-49,51,53-69H2,1-3H3/b10-7-,11-8-,17-15-,18-16-,23-21-,24-22-,29-27-,30-28-,33-32-,36-35-,39-38-,43-42-,46-44-,52-50-. The molecular formula is C73H114O6. The topological polar surface area (TPSA) is 78.9 Å². The first-order chi connectivity index (χ1) is 39.0. The summed E-state index contributed by atoms with van der Waals surface area (Å²) < 4.78 is 16.7. The summed E-state index contributed by atoms with van der Waals surface area (Å²) in [6.07, 6.45) is 96.9. The Kier molecular flexibility index (Phi) is 61.0. The first-order valence-electron chi connectivity index (χ1n) is 31.6. The molecule has 0 aromatic rings. The molecule has 0 saturated heterocycles. The largest absolute Gasteiger partial charge is 0.462 e. The van der Waals surface area contributed by atoms with E-state index in [-0.39, 0.29) is 37.5 Å². The maximum absolute atomic E-state index is 12.8. The zero-order valence-electron chi connectivity index (χ0n) is 50.6. The number of esters is 3. The molecule has 442 valence electrons. The van der Waals surface area contributed by atoms with Crippen LogP contribution in [0.2, 0.25) is 0 Å². The number of rotatable bonds is 55. The lowest BCUT2D eigenvalue weighted by molar-refractivity contribution is -0.167. The molecule has 0 aliphatic carbocycles. The predicted octanol–water partition coefficient (Wildman–Crippen LogP) is 21.9. The summed E-state index contributed by atoms with van der Waals surface area (Å²) in [5.41, 5.74) is 0. The fraction of sp³-hybridized carbons (Fsp3) is 0.575. The number of unbranched alkanes of at least 4 members (excludes halogenated alkanes) is 16. The first kappa shape index (κ1) is 73.8. The minimum atomic E-state index is -0.800. The SMILES string of the molecule is CC/C=C\C/C=C\C/C=C\C/C=C\C/C=C\C/C=C\C/C=C\C/C=C\CCCCCCCCCCC(=O)OCC(COC(=O)CCCCCCC)OC(=O)CCCCCC/C=C\C/C=C\C/C=C\C/C=C\C/C=C\C/C=C\CC. The summed E-state index contributed by atoms with van der Waals surface area (Å²) in [5.74, 6) is -0.954. The highest BCUT2D eigenvalue weighted by Crippen LogP contribution is 2.14. The summed E-state index contributed by atoms with van der Waals surface area (Å²) in [6.45, 7) is 6.28. The fourth-order valence-corrected chi connectivity index (χ4v) is 8.05. The average molecular weight is 1090 g/mol. The number of allylic oxidation sites excluding steroid dienone is 28. The Labute approximate surface area is 485 Å². The van der Waals surface area contributed by atoms with Crippen LogP contribution in [0.3, 0.4) is 0 Å². The molecule has 1 atom stereocenters. The molecule has 1 unspecified atom stereocenters. The maximum atomic E-state index is 12.8. The lowest BCUT2D eigenvalue weighted by Gasteiger charge is -2.18. The summed E-state index contributed by atoms with van der Waals surface area (Å²) in [5, 5.41) is 0. The third kappa shape index (κ3) is 63.5. The molecule has 0 bridgehead atoms. The third-order valence-corrected chi connectivity index (χ3v) is 12.7. The second-order valence-corrected chi connectivity index (χ2v) is 20.2. The Hall–Kier alpha value is -5.23. The molecule has 0 amide bonds. The van der Waals surface area contributed by atoms with Crippen LogP contribution in [0, 0.1) is 0 Å². The first-order valence-corrected chi connectivity index (χ1v) is 31.6.